The standard InChI is InChI=1S/C25H33NO4/c1-17-21-15-18-9-7-12-26-13-8-11-20(23(18)26)24(21)30-25(29)22(17)16-19(28)10-5-3-2-4-6-14-27/h15,27H,2-14,16H2,1H3. The first-order chi connectivity index (χ1) is 14.6. The number of carbonyl (C=O) groups is 1. The van der Waals surface area contributed by atoms with Crippen molar-refractivity contribution in [3.8, 4) is 0 Å². The van der Waals surface area contributed by atoms with Gasteiger partial charge in [-0.1, -0.05) is 19.3 Å². The summed E-state index contributed by atoms with van der Waals surface area (Å²) in [7, 11) is 0. The van der Waals surface area contributed by atoms with Gasteiger partial charge in [-0.3, -0.25) is 4.79 Å². The largest absolute Gasteiger partial charge is 0.422 e. The van der Waals surface area contributed by atoms with Crippen molar-refractivity contribution < 1.29 is 14.3 Å². The quantitative estimate of drug-likeness (QED) is 0.493. The lowest BCUT2D eigenvalue weighted by Gasteiger charge is -2.37. The van der Waals surface area contributed by atoms with Gasteiger partial charge in [0.2, 0.25) is 0 Å². The average molecular weight is 412 g/mol. The van der Waals surface area contributed by atoms with Crippen molar-refractivity contribution in [1.29, 1.82) is 0 Å². The fraction of sp³-hybridized carbons (Fsp3) is 0.600. The van der Waals surface area contributed by atoms with Gasteiger partial charge in [-0.15, -0.1) is 0 Å². The molecule has 2 aliphatic rings. The molecule has 1 N–H and O–H groups in total. The molecule has 0 aliphatic carbocycles. The van der Waals surface area contributed by atoms with Crippen molar-refractivity contribution in [2.75, 3.05) is 24.6 Å². The molecule has 1 aromatic heterocycles. The summed E-state index contributed by atoms with van der Waals surface area (Å²) < 4.78 is 5.86. The number of unbranched alkanes of at least 4 members (excludes halogenated alkanes) is 4. The lowest BCUT2D eigenvalue weighted by molar-refractivity contribution is -0.118. The number of hydrogen-bond donors (Lipinski definition) is 1. The Labute approximate surface area is 178 Å². The molecule has 0 fully saturated rings. The second-order valence-electron chi connectivity index (χ2n) is 8.88. The first-order valence-corrected chi connectivity index (χ1v) is 11.6. The van der Waals surface area contributed by atoms with Crippen LogP contribution >= 0.6 is 0 Å². The minimum absolute atomic E-state index is 0.109. The van der Waals surface area contributed by atoms with Gasteiger partial charge in [0, 0.05) is 54.7 Å². The zero-order chi connectivity index (χ0) is 21.1. The van der Waals surface area contributed by atoms with E-state index in [2.05, 4.69) is 11.0 Å². The van der Waals surface area contributed by atoms with Crippen LogP contribution < -0.4 is 10.5 Å². The monoisotopic (exact) mass is 411 g/mol. The fourth-order valence-electron chi connectivity index (χ4n) is 5.15. The fourth-order valence-corrected chi connectivity index (χ4v) is 5.15. The summed E-state index contributed by atoms with van der Waals surface area (Å²) in [6.07, 6.45) is 9.64. The topological polar surface area (TPSA) is 70.7 Å². The van der Waals surface area contributed by atoms with Crippen LogP contribution in [0.1, 0.15) is 73.6 Å². The molecule has 0 saturated carbocycles. The highest BCUT2D eigenvalue weighted by Crippen LogP contribution is 2.40. The molecule has 2 aromatic rings. The zero-order valence-electron chi connectivity index (χ0n) is 18.1. The number of nitrogens with zero attached hydrogens (tertiary/aromatic N) is 1. The average Bonchev–Trinajstić information content (AvgIpc) is 2.75. The van der Waals surface area contributed by atoms with E-state index in [0.29, 0.717) is 12.0 Å². The Balaban J connectivity index is 1.56. The van der Waals surface area contributed by atoms with E-state index in [1.807, 2.05) is 6.92 Å². The Bertz CT molecular complexity index is 989. The molecule has 3 heterocycles. The number of aryl methyl sites for hydroxylation is 3. The summed E-state index contributed by atoms with van der Waals surface area (Å²) in [6.45, 7) is 4.38. The summed E-state index contributed by atoms with van der Waals surface area (Å²) in [5, 5.41) is 9.83. The highest BCUT2D eigenvalue weighted by molar-refractivity contribution is 5.92. The number of benzene rings is 1. The number of Topliss-reactive ketones (excluding diaryl/α,β-unsaturated/α-hetero) is 1. The smallest absolute Gasteiger partial charge is 0.340 e. The Morgan fingerprint density at radius 1 is 1.10 bits per heavy atom. The maximum Gasteiger partial charge on any atom is 0.340 e. The molecule has 5 nitrogen and oxygen atoms in total. The Hall–Kier alpha value is -2.14. The summed E-state index contributed by atoms with van der Waals surface area (Å²) >= 11 is 0. The molecule has 30 heavy (non-hydrogen) atoms. The first kappa shape index (κ1) is 21.1. The van der Waals surface area contributed by atoms with E-state index < -0.39 is 0 Å². The van der Waals surface area contributed by atoms with Gasteiger partial charge in [0.15, 0.2) is 0 Å². The number of ketones is 1. The Kier molecular flexibility index (Phi) is 6.57. The molecule has 5 heteroatoms. The SMILES string of the molecule is Cc1c(CC(=O)CCCCCCCO)c(=O)oc2c3c4c(cc12)CCCN4CCC3. The molecular weight excluding hydrogens is 378 g/mol. The number of aliphatic hydroxyl groups is 1. The van der Waals surface area contributed by atoms with Gasteiger partial charge in [0.25, 0.3) is 0 Å². The lowest BCUT2D eigenvalue weighted by Crippen LogP contribution is -2.34. The number of fused-ring (bicyclic) bond motifs is 2. The molecule has 2 aliphatic heterocycles. The van der Waals surface area contributed by atoms with E-state index >= 15 is 0 Å². The molecular formula is C25H33NO4. The van der Waals surface area contributed by atoms with Crippen LogP contribution in [0.25, 0.3) is 11.0 Å². The van der Waals surface area contributed by atoms with Crippen LogP contribution in [0.4, 0.5) is 5.69 Å². The van der Waals surface area contributed by atoms with E-state index in [-0.39, 0.29) is 24.4 Å². The summed E-state index contributed by atoms with van der Waals surface area (Å²) in [6, 6.07) is 2.21. The molecule has 0 amide bonds. The van der Waals surface area contributed by atoms with Gasteiger partial charge in [-0.2, -0.15) is 0 Å². The molecule has 0 bridgehead atoms. The van der Waals surface area contributed by atoms with Gasteiger partial charge in [-0.05, 0) is 62.6 Å². The first-order valence-electron chi connectivity index (χ1n) is 11.6. The lowest BCUT2D eigenvalue weighted by atomic mass is 9.88. The van der Waals surface area contributed by atoms with Crippen molar-refractivity contribution in [3.05, 3.63) is 38.7 Å². The van der Waals surface area contributed by atoms with Crippen LogP contribution in [0, 0.1) is 6.92 Å². The number of aliphatic hydroxyl groups excluding tert-OH is 1. The predicted octanol–water partition coefficient (Wildman–Crippen LogP) is 4.24. The molecule has 0 saturated heterocycles. The van der Waals surface area contributed by atoms with E-state index in [1.165, 1.54) is 16.8 Å². The Morgan fingerprint density at radius 2 is 1.83 bits per heavy atom. The minimum Gasteiger partial charge on any atom is -0.422 e. The molecule has 0 spiro atoms. The van der Waals surface area contributed by atoms with E-state index in [9.17, 15) is 9.59 Å². The van der Waals surface area contributed by atoms with Gasteiger partial charge in [0.05, 0.1) is 0 Å². The number of rotatable bonds is 9. The van der Waals surface area contributed by atoms with Gasteiger partial charge >= 0.3 is 5.63 Å². The number of hydrogen-bond acceptors (Lipinski definition) is 5. The van der Waals surface area contributed by atoms with E-state index in [1.54, 1.807) is 0 Å². The van der Waals surface area contributed by atoms with Crippen LogP contribution in [-0.2, 0) is 24.1 Å². The zero-order valence-corrected chi connectivity index (χ0v) is 18.1. The van der Waals surface area contributed by atoms with Crippen LogP contribution in [0.3, 0.4) is 0 Å². The predicted molar refractivity (Wildman–Crippen MR) is 120 cm³/mol. The summed E-state index contributed by atoms with van der Waals surface area (Å²) in [5.41, 5.74) is 5.69. The van der Waals surface area contributed by atoms with Gasteiger partial charge in [0.1, 0.15) is 11.4 Å². The van der Waals surface area contributed by atoms with Crippen LogP contribution in [0.15, 0.2) is 15.3 Å². The summed E-state index contributed by atoms with van der Waals surface area (Å²) in [5.74, 6) is 0.109. The van der Waals surface area contributed by atoms with Crippen molar-refractivity contribution in [2.45, 2.75) is 77.6 Å². The summed E-state index contributed by atoms with van der Waals surface area (Å²) in [4.78, 5) is 27.8. The van der Waals surface area contributed by atoms with E-state index in [4.69, 9.17) is 9.52 Å². The molecule has 1 aromatic carbocycles. The van der Waals surface area contributed by atoms with Gasteiger partial charge in [-0.25, -0.2) is 4.79 Å². The minimum atomic E-state index is -0.347. The molecule has 0 atom stereocenters. The highest BCUT2D eigenvalue weighted by atomic mass is 16.4. The van der Waals surface area contributed by atoms with Crippen LogP contribution in [0.5, 0.6) is 0 Å². The maximum absolute atomic E-state index is 12.8. The number of anilines is 1. The molecule has 4 rings (SSSR count). The van der Waals surface area contributed by atoms with Gasteiger partial charge < -0.3 is 14.4 Å². The van der Waals surface area contributed by atoms with Crippen molar-refractivity contribution in [3.63, 3.8) is 0 Å². The highest BCUT2D eigenvalue weighted by Gasteiger charge is 2.28. The van der Waals surface area contributed by atoms with Crippen molar-refractivity contribution >= 4 is 22.4 Å². The number of carbonyl (C=O) groups excluding carboxylic acids is 1. The third kappa shape index (κ3) is 4.18. The third-order valence-electron chi connectivity index (χ3n) is 6.76. The van der Waals surface area contributed by atoms with Crippen LogP contribution in [0.2, 0.25) is 0 Å². The third-order valence-corrected chi connectivity index (χ3v) is 6.76. The molecule has 0 unspecified atom stereocenters. The second kappa shape index (κ2) is 9.34. The van der Waals surface area contributed by atoms with E-state index in [0.717, 1.165) is 87.4 Å². The normalized spacial score (nSPS) is 15.5. The second-order valence-corrected chi connectivity index (χ2v) is 8.88. The molecule has 162 valence electrons. The van der Waals surface area contributed by atoms with Crippen molar-refractivity contribution in [1.82, 2.24) is 0 Å². The van der Waals surface area contributed by atoms with Crippen LogP contribution in [-0.4, -0.2) is 30.6 Å². The molecule has 0 radical (unpaired) electrons. The van der Waals surface area contributed by atoms with Crippen molar-refractivity contribution in [2.24, 2.45) is 0 Å². The Morgan fingerprint density at radius 3 is 2.63 bits per heavy atom. The maximum atomic E-state index is 12.8.